The molecule has 24 heavy (non-hydrogen) atoms. The van der Waals surface area contributed by atoms with E-state index in [2.05, 4.69) is 10.3 Å². The molecule has 1 atom stereocenters. The van der Waals surface area contributed by atoms with Gasteiger partial charge in [0.15, 0.2) is 6.67 Å². The van der Waals surface area contributed by atoms with Crippen molar-refractivity contribution in [3.05, 3.63) is 56.7 Å². The summed E-state index contributed by atoms with van der Waals surface area (Å²) in [5, 5.41) is 3.36. The van der Waals surface area contributed by atoms with Gasteiger partial charge in [-0.3, -0.25) is 9.78 Å². The van der Waals surface area contributed by atoms with Crippen molar-refractivity contribution in [2.75, 3.05) is 12.0 Å². The average Bonchev–Trinajstić information content (AvgIpc) is 2.63. The molecule has 0 bridgehead atoms. The molecule has 6 nitrogen and oxygen atoms in total. The summed E-state index contributed by atoms with van der Waals surface area (Å²) >= 11 is 0. The minimum atomic E-state index is -0.390. The molecule has 0 spiro atoms. The van der Waals surface area contributed by atoms with Crippen LogP contribution in [0.25, 0.3) is 5.69 Å². The second-order valence-electron chi connectivity index (χ2n) is 6.78. The van der Waals surface area contributed by atoms with E-state index in [-0.39, 0.29) is 5.56 Å². The number of rotatable bonds is 2. The van der Waals surface area contributed by atoms with Crippen LogP contribution in [0, 0.1) is 0 Å². The van der Waals surface area contributed by atoms with Crippen LogP contribution in [0.5, 0.6) is 0 Å². The Morgan fingerprint density at radius 2 is 1.79 bits per heavy atom. The Hall–Kier alpha value is -2.34. The van der Waals surface area contributed by atoms with E-state index in [9.17, 15) is 9.59 Å². The van der Waals surface area contributed by atoms with E-state index < -0.39 is 5.69 Å². The van der Waals surface area contributed by atoms with Gasteiger partial charge in [-0.05, 0) is 37.8 Å². The molecule has 2 aromatic rings. The zero-order valence-electron chi connectivity index (χ0n) is 13.7. The summed E-state index contributed by atoms with van der Waals surface area (Å²) in [4.78, 5) is 28.6. The fraction of sp³-hybridized carbons (Fsp3) is 0.444. The minimum absolute atomic E-state index is 0.261. The van der Waals surface area contributed by atoms with Gasteiger partial charge in [0.1, 0.15) is 17.9 Å². The summed E-state index contributed by atoms with van der Waals surface area (Å²) in [5.41, 5.74) is 0.801. The van der Waals surface area contributed by atoms with Gasteiger partial charge in [-0.25, -0.2) is 9.36 Å². The van der Waals surface area contributed by atoms with E-state index in [0.717, 1.165) is 12.4 Å². The van der Waals surface area contributed by atoms with Gasteiger partial charge >= 0.3 is 5.69 Å². The number of hydrogen-bond acceptors (Lipinski definition) is 3. The van der Waals surface area contributed by atoms with Crippen molar-refractivity contribution in [1.29, 1.82) is 0 Å². The van der Waals surface area contributed by atoms with Crippen molar-refractivity contribution < 1.29 is 4.90 Å². The van der Waals surface area contributed by atoms with Crippen molar-refractivity contribution in [2.45, 2.75) is 44.7 Å². The number of nitrogens with zero attached hydrogens (tertiary/aromatic N) is 1. The van der Waals surface area contributed by atoms with Crippen LogP contribution in [0.1, 0.15) is 37.7 Å². The van der Waals surface area contributed by atoms with Crippen molar-refractivity contribution >= 4 is 5.82 Å². The molecule has 2 heterocycles. The van der Waals surface area contributed by atoms with E-state index in [1.807, 2.05) is 30.3 Å². The van der Waals surface area contributed by atoms with Crippen LogP contribution in [0.2, 0.25) is 0 Å². The normalized spacial score (nSPS) is 21.1. The first-order valence-corrected chi connectivity index (χ1v) is 8.76. The van der Waals surface area contributed by atoms with Crippen LogP contribution in [0.15, 0.2) is 39.9 Å². The van der Waals surface area contributed by atoms with Crippen LogP contribution in [-0.4, -0.2) is 22.3 Å². The van der Waals surface area contributed by atoms with Crippen molar-refractivity contribution in [3.8, 4) is 5.69 Å². The van der Waals surface area contributed by atoms with Crippen LogP contribution < -0.4 is 21.5 Å². The highest BCUT2D eigenvalue weighted by atomic mass is 16.2. The number of fused-ring (bicyclic) bond motifs is 1. The molecule has 1 aromatic carbocycles. The standard InChI is InChI=1S/C18H22N4O2/c23-17-15-11-21(13-7-3-1-4-8-13)12-19-16(15)22(18(24)20-17)14-9-5-2-6-10-14/h2,5-6,9-10,13,19H,1,3-4,7-8,11-12H2,(H,20,23,24)/p+1. The smallest absolute Gasteiger partial charge is 0.324 e. The van der Waals surface area contributed by atoms with Crippen molar-refractivity contribution in [3.63, 3.8) is 0 Å². The van der Waals surface area contributed by atoms with E-state index in [1.165, 1.54) is 37.0 Å². The summed E-state index contributed by atoms with van der Waals surface area (Å²) < 4.78 is 1.58. The first-order valence-electron chi connectivity index (χ1n) is 8.76. The predicted molar refractivity (Wildman–Crippen MR) is 92.7 cm³/mol. The van der Waals surface area contributed by atoms with Crippen LogP contribution in [0.3, 0.4) is 0 Å². The first-order chi connectivity index (χ1) is 11.7. The fourth-order valence-electron chi connectivity index (χ4n) is 4.03. The number of aromatic nitrogens is 2. The maximum atomic E-state index is 12.4. The lowest BCUT2D eigenvalue weighted by Gasteiger charge is -2.35. The zero-order chi connectivity index (χ0) is 16.5. The molecule has 1 fully saturated rings. The number of para-hydroxylation sites is 1. The van der Waals surface area contributed by atoms with E-state index in [1.54, 1.807) is 4.57 Å². The van der Waals surface area contributed by atoms with E-state index in [4.69, 9.17) is 0 Å². The third-order valence-corrected chi connectivity index (χ3v) is 5.29. The summed E-state index contributed by atoms with van der Waals surface area (Å²) in [6.45, 7) is 1.43. The number of hydrogen-bond donors (Lipinski definition) is 3. The molecule has 1 aromatic heterocycles. The molecule has 1 aliphatic carbocycles. The molecule has 0 radical (unpaired) electrons. The lowest BCUT2D eigenvalue weighted by Crippen LogP contribution is -3.16. The lowest BCUT2D eigenvalue weighted by molar-refractivity contribution is -0.938. The minimum Gasteiger partial charge on any atom is -0.324 e. The number of quaternary nitrogens is 1. The van der Waals surface area contributed by atoms with Crippen molar-refractivity contribution in [1.82, 2.24) is 9.55 Å². The number of anilines is 1. The van der Waals surface area contributed by atoms with Crippen LogP contribution >= 0.6 is 0 Å². The Balaban J connectivity index is 1.74. The van der Waals surface area contributed by atoms with Gasteiger partial charge in [0, 0.05) is 0 Å². The SMILES string of the molecule is O=c1[nH]c(=O)n(-c2ccccc2)c2c1C[NH+](C1CCCCC1)CN2. The number of aromatic amines is 1. The second-order valence-corrected chi connectivity index (χ2v) is 6.78. The molecule has 1 aliphatic heterocycles. The topological polar surface area (TPSA) is 71.3 Å². The highest BCUT2D eigenvalue weighted by molar-refractivity contribution is 5.50. The van der Waals surface area contributed by atoms with Gasteiger partial charge in [0.05, 0.1) is 11.7 Å². The largest absolute Gasteiger partial charge is 0.334 e. The molecule has 0 amide bonds. The summed E-state index contributed by atoms with van der Waals surface area (Å²) in [5.74, 6) is 0.648. The molecule has 3 N–H and O–H groups in total. The number of H-pyrrole nitrogens is 1. The van der Waals surface area contributed by atoms with Gasteiger partial charge < -0.3 is 10.2 Å². The zero-order valence-corrected chi connectivity index (χ0v) is 13.7. The lowest BCUT2D eigenvalue weighted by atomic mass is 9.94. The summed E-state index contributed by atoms with van der Waals surface area (Å²) in [6, 6.07) is 10.1. The Morgan fingerprint density at radius 3 is 2.54 bits per heavy atom. The molecule has 126 valence electrons. The van der Waals surface area contributed by atoms with Crippen molar-refractivity contribution in [2.24, 2.45) is 0 Å². The Bertz CT molecular complexity index is 834. The van der Waals surface area contributed by atoms with Crippen LogP contribution in [-0.2, 0) is 6.54 Å². The van der Waals surface area contributed by atoms with Gasteiger partial charge in [0.25, 0.3) is 5.56 Å². The van der Waals surface area contributed by atoms with Crippen LogP contribution in [0.4, 0.5) is 5.82 Å². The molecule has 2 aliphatic rings. The van der Waals surface area contributed by atoms with E-state index >= 15 is 0 Å². The molecule has 6 heteroatoms. The highest BCUT2D eigenvalue weighted by Crippen LogP contribution is 2.19. The summed E-state index contributed by atoms with van der Waals surface area (Å²) in [6.07, 6.45) is 6.33. The van der Waals surface area contributed by atoms with Gasteiger partial charge in [-0.1, -0.05) is 24.6 Å². The molecule has 1 saturated carbocycles. The molecule has 4 rings (SSSR count). The second kappa shape index (κ2) is 6.28. The Labute approximate surface area is 140 Å². The maximum absolute atomic E-state index is 12.4. The molecule has 1 unspecified atom stereocenters. The molecular formula is C18H23N4O2+. The summed E-state index contributed by atoms with van der Waals surface area (Å²) in [7, 11) is 0. The maximum Gasteiger partial charge on any atom is 0.334 e. The number of benzene rings is 1. The monoisotopic (exact) mass is 327 g/mol. The Kier molecular flexibility index (Phi) is 3.98. The molecular weight excluding hydrogens is 304 g/mol. The Morgan fingerprint density at radius 1 is 1.04 bits per heavy atom. The third kappa shape index (κ3) is 2.67. The third-order valence-electron chi connectivity index (χ3n) is 5.29. The molecule has 0 saturated heterocycles. The predicted octanol–water partition coefficient (Wildman–Crippen LogP) is 0.626. The number of nitrogens with one attached hydrogen (secondary N) is 3. The first kappa shape index (κ1) is 15.2. The van der Waals surface area contributed by atoms with E-state index in [0.29, 0.717) is 24.0 Å². The van der Waals surface area contributed by atoms with Gasteiger partial charge in [-0.2, -0.15) is 0 Å². The van der Waals surface area contributed by atoms with Gasteiger partial charge in [0.2, 0.25) is 0 Å². The average molecular weight is 327 g/mol. The fourth-order valence-corrected chi connectivity index (χ4v) is 4.03. The quantitative estimate of drug-likeness (QED) is 0.757. The van der Waals surface area contributed by atoms with Gasteiger partial charge in [-0.15, -0.1) is 0 Å². The highest BCUT2D eigenvalue weighted by Gasteiger charge is 2.31.